The third-order valence-corrected chi connectivity index (χ3v) is 5.02. The van der Waals surface area contributed by atoms with Gasteiger partial charge in [-0.1, -0.05) is 0 Å². The van der Waals surface area contributed by atoms with Crippen LogP contribution in [0.15, 0.2) is 0 Å². The van der Waals surface area contributed by atoms with E-state index in [0.717, 1.165) is 17.8 Å². The Labute approximate surface area is 134 Å². The van der Waals surface area contributed by atoms with Crippen LogP contribution in [-0.2, 0) is 18.4 Å². The fourth-order valence-corrected chi connectivity index (χ4v) is 3.26. The van der Waals surface area contributed by atoms with Crippen molar-refractivity contribution in [3.05, 3.63) is 17.0 Å². The summed E-state index contributed by atoms with van der Waals surface area (Å²) in [6.45, 7) is 9.36. The van der Waals surface area contributed by atoms with Gasteiger partial charge in [-0.2, -0.15) is 5.10 Å². The molecule has 5 nitrogen and oxygen atoms in total. The maximum absolute atomic E-state index is 12.4. The summed E-state index contributed by atoms with van der Waals surface area (Å²) >= 11 is 0. The van der Waals surface area contributed by atoms with Gasteiger partial charge in [0.25, 0.3) is 0 Å². The van der Waals surface area contributed by atoms with Crippen molar-refractivity contribution in [3.63, 3.8) is 0 Å². The van der Waals surface area contributed by atoms with Gasteiger partial charge >= 0.3 is 0 Å². The van der Waals surface area contributed by atoms with Crippen molar-refractivity contribution in [3.8, 4) is 0 Å². The molecule has 22 heavy (non-hydrogen) atoms. The third kappa shape index (κ3) is 3.88. The molecule has 0 spiro atoms. The second kappa shape index (κ2) is 7.27. The minimum atomic E-state index is 0.230. The van der Waals surface area contributed by atoms with Crippen molar-refractivity contribution >= 4 is 5.91 Å². The van der Waals surface area contributed by atoms with Crippen LogP contribution >= 0.6 is 0 Å². The highest BCUT2D eigenvalue weighted by Crippen LogP contribution is 2.17. The van der Waals surface area contributed by atoms with Crippen LogP contribution in [0.2, 0.25) is 0 Å². The fourth-order valence-electron chi connectivity index (χ4n) is 3.26. The number of aromatic nitrogens is 2. The third-order valence-electron chi connectivity index (χ3n) is 5.02. The van der Waals surface area contributed by atoms with E-state index in [-0.39, 0.29) is 5.91 Å². The highest BCUT2D eigenvalue weighted by atomic mass is 16.2. The molecule has 0 radical (unpaired) electrons. The zero-order valence-corrected chi connectivity index (χ0v) is 14.7. The molecule has 1 aliphatic rings. The first-order valence-corrected chi connectivity index (χ1v) is 8.37. The lowest BCUT2D eigenvalue weighted by molar-refractivity contribution is -0.130. The number of carbonyl (C=O) groups excluding carboxylic acids is 1. The molecule has 1 aromatic heterocycles. The van der Waals surface area contributed by atoms with Gasteiger partial charge in [0.1, 0.15) is 0 Å². The van der Waals surface area contributed by atoms with E-state index in [0.29, 0.717) is 19.0 Å². The molecule has 1 atom stereocenters. The molecule has 0 bridgehead atoms. The minimum Gasteiger partial charge on any atom is -0.341 e. The zero-order valence-electron chi connectivity index (χ0n) is 14.7. The molecule has 1 unspecified atom stereocenters. The number of nitrogens with zero attached hydrogens (tertiary/aromatic N) is 4. The summed E-state index contributed by atoms with van der Waals surface area (Å²) < 4.78 is 1.89. The molecule has 0 N–H and O–H groups in total. The standard InChI is InChI=1S/C17H30N4O/c1-13(21-10-6-7-11-21)8-9-17(22)19(4)12-16-14(2)18-20(5)15(16)3/h13H,6-12H2,1-5H3. The summed E-state index contributed by atoms with van der Waals surface area (Å²) in [5, 5.41) is 4.42. The number of likely N-dealkylation sites (tertiary alicyclic amines) is 1. The highest BCUT2D eigenvalue weighted by molar-refractivity contribution is 5.75. The van der Waals surface area contributed by atoms with E-state index in [4.69, 9.17) is 0 Å². The largest absolute Gasteiger partial charge is 0.341 e. The molecular weight excluding hydrogens is 276 g/mol. The van der Waals surface area contributed by atoms with E-state index >= 15 is 0 Å². The maximum Gasteiger partial charge on any atom is 0.222 e. The van der Waals surface area contributed by atoms with Crippen LogP contribution < -0.4 is 0 Å². The predicted molar refractivity (Wildman–Crippen MR) is 88.7 cm³/mol. The van der Waals surface area contributed by atoms with Crippen LogP contribution in [-0.4, -0.2) is 51.7 Å². The fraction of sp³-hybridized carbons (Fsp3) is 0.765. The zero-order chi connectivity index (χ0) is 16.3. The van der Waals surface area contributed by atoms with E-state index in [9.17, 15) is 4.79 Å². The average Bonchev–Trinajstić information content (AvgIpc) is 3.09. The van der Waals surface area contributed by atoms with E-state index in [1.165, 1.54) is 31.5 Å². The predicted octanol–water partition coefficient (Wildman–Crippen LogP) is 2.26. The molecule has 2 rings (SSSR count). The van der Waals surface area contributed by atoms with Gasteiger partial charge in [-0.05, 0) is 53.1 Å². The van der Waals surface area contributed by atoms with Gasteiger partial charge in [-0.15, -0.1) is 0 Å². The van der Waals surface area contributed by atoms with Gasteiger partial charge in [0.2, 0.25) is 5.91 Å². The molecule has 1 fully saturated rings. The maximum atomic E-state index is 12.4. The molecule has 1 amide bonds. The Bertz CT molecular complexity index is 517. The van der Waals surface area contributed by atoms with Crippen molar-refractivity contribution in [1.82, 2.24) is 19.6 Å². The Kier molecular flexibility index (Phi) is 5.62. The van der Waals surface area contributed by atoms with Gasteiger partial charge < -0.3 is 9.80 Å². The normalized spacial score (nSPS) is 17.0. The van der Waals surface area contributed by atoms with Gasteiger partial charge in [-0.3, -0.25) is 9.48 Å². The number of aryl methyl sites for hydroxylation is 2. The summed E-state index contributed by atoms with van der Waals surface area (Å²) in [5.74, 6) is 0.230. The molecule has 1 aromatic rings. The molecule has 0 saturated carbocycles. The van der Waals surface area contributed by atoms with Crippen LogP contribution in [0, 0.1) is 13.8 Å². The molecule has 0 aliphatic carbocycles. The van der Waals surface area contributed by atoms with Crippen molar-refractivity contribution in [1.29, 1.82) is 0 Å². The van der Waals surface area contributed by atoms with Crippen LogP contribution in [0.1, 0.15) is 49.6 Å². The topological polar surface area (TPSA) is 41.4 Å². The van der Waals surface area contributed by atoms with Crippen LogP contribution in [0.3, 0.4) is 0 Å². The molecule has 124 valence electrons. The number of carbonyl (C=O) groups is 1. The quantitative estimate of drug-likeness (QED) is 0.809. The molecular formula is C17H30N4O. The Morgan fingerprint density at radius 2 is 1.95 bits per heavy atom. The first-order chi connectivity index (χ1) is 10.4. The summed E-state index contributed by atoms with van der Waals surface area (Å²) in [5.41, 5.74) is 3.33. The van der Waals surface area contributed by atoms with Gasteiger partial charge in [0.05, 0.1) is 5.69 Å². The average molecular weight is 306 g/mol. The number of hydrogen-bond acceptors (Lipinski definition) is 3. The second-order valence-electron chi connectivity index (χ2n) is 6.65. The van der Waals surface area contributed by atoms with Gasteiger partial charge in [0.15, 0.2) is 0 Å². The molecule has 2 heterocycles. The number of hydrogen-bond donors (Lipinski definition) is 0. The lowest BCUT2D eigenvalue weighted by Gasteiger charge is -2.24. The van der Waals surface area contributed by atoms with Crippen molar-refractivity contribution in [2.24, 2.45) is 7.05 Å². The summed E-state index contributed by atoms with van der Waals surface area (Å²) in [4.78, 5) is 16.7. The number of amides is 1. The molecule has 5 heteroatoms. The van der Waals surface area contributed by atoms with Crippen LogP contribution in [0.25, 0.3) is 0 Å². The van der Waals surface area contributed by atoms with Crippen molar-refractivity contribution in [2.75, 3.05) is 20.1 Å². The lowest BCUT2D eigenvalue weighted by Crippen LogP contribution is -2.32. The van der Waals surface area contributed by atoms with E-state index in [1.807, 2.05) is 30.6 Å². The Hall–Kier alpha value is -1.36. The lowest BCUT2D eigenvalue weighted by atomic mass is 10.1. The van der Waals surface area contributed by atoms with Crippen LogP contribution in [0.5, 0.6) is 0 Å². The molecule has 1 aliphatic heterocycles. The monoisotopic (exact) mass is 306 g/mol. The first-order valence-electron chi connectivity index (χ1n) is 8.37. The highest BCUT2D eigenvalue weighted by Gasteiger charge is 2.20. The molecule has 0 aromatic carbocycles. The van der Waals surface area contributed by atoms with E-state index in [1.54, 1.807) is 0 Å². The van der Waals surface area contributed by atoms with E-state index < -0.39 is 0 Å². The smallest absolute Gasteiger partial charge is 0.222 e. The first kappa shape index (κ1) is 17.0. The minimum absolute atomic E-state index is 0.230. The SMILES string of the molecule is Cc1nn(C)c(C)c1CN(C)C(=O)CCC(C)N1CCCC1. The summed E-state index contributed by atoms with van der Waals surface area (Å²) in [6.07, 6.45) is 4.19. The van der Waals surface area contributed by atoms with Gasteiger partial charge in [0, 0.05) is 44.4 Å². The van der Waals surface area contributed by atoms with Crippen molar-refractivity contribution in [2.45, 2.75) is 59.0 Å². The van der Waals surface area contributed by atoms with Crippen LogP contribution in [0.4, 0.5) is 0 Å². The Morgan fingerprint density at radius 1 is 1.32 bits per heavy atom. The Balaban J connectivity index is 1.84. The molecule has 1 saturated heterocycles. The Morgan fingerprint density at radius 3 is 2.50 bits per heavy atom. The second-order valence-corrected chi connectivity index (χ2v) is 6.65. The summed E-state index contributed by atoms with van der Waals surface area (Å²) in [6, 6.07) is 0.515. The van der Waals surface area contributed by atoms with Gasteiger partial charge in [-0.25, -0.2) is 0 Å². The number of rotatable bonds is 6. The van der Waals surface area contributed by atoms with Crippen molar-refractivity contribution < 1.29 is 4.79 Å². The summed E-state index contributed by atoms with van der Waals surface area (Å²) in [7, 11) is 3.85. The van der Waals surface area contributed by atoms with E-state index in [2.05, 4.69) is 23.8 Å².